The van der Waals surface area contributed by atoms with Gasteiger partial charge in [-0.15, -0.1) is 12.3 Å². The third-order valence-electron chi connectivity index (χ3n) is 0.971. The van der Waals surface area contributed by atoms with Crippen LogP contribution in [-0.2, 0) is 0 Å². The van der Waals surface area contributed by atoms with E-state index in [1.807, 2.05) is 0 Å². The second-order valence-electron chi connectivity index (χ2n) is 2.20. The summed E-state index contributed by atoms with van der Waals surface area (Å²) in [5.41, 5.74) is 1.70. The van der Waals surface area contributed by atoms with Crippen molar-refractivity contribution in [1.82, 2.24) is 0 Å². The molecule has 0 fully saturated rings. The Hall–Kier alpha value is -0.780. The van der Waals surface area contributed by atoms with Gasteiger partial charge < -0.3 is 5.11 Å². The van der Waals surface area contributed by atoms with Gasteiger partial charge in [0.2, 0.25) is 0 Å². The van der Waals surface area contributed by atoms with E-state index in [2.05, 4.69) is 18.9 Å². The molecular weight excluding hydrogens is 112 g/mol. The lowest BCUT2D eigenvalue weighted by molar-refractivity contribution is 0.115. The highest BCUT2D eigenvalue weighted by molar-refractivity contribution is 4.98. The molecule has 0 amide bonds. The molecule has 1 atom stereocenters. The monoisotopic (exact) mass is 124 g/mol. The van der Waals surface area contributed by atoms with Crippen molar-refractivity contribution in [3.05, 3.63) is 31.0 Å². The Bertz CT molecular complexity index is 139. The van der Waals surface area contributed by atoms with Crippen LogP contribution in [0.15, 0.2) is 31.0 Å². The number of aliphatic hydroxyl groups is 1. The van der Waals surface area contributed by atoms with Crippen LogP contribution in [-0.4, -0.2) is 10.7 Å². The predicted molar refractivity (Wildman–Crippen MR) is 39.1 cm³/mol. The highest BCUT2D eigenvalue weighted by Gasteiger charge is 2.12. The van der Waals surface area contributed by atoms with Gasteiger partial charge in [0.15, 0.2) is 0 Å². The molecule has 0 saturated heterocycles. The predicted octanol–water partition coefficient (Wildman–Crippen LogP) is 1.65. The van der Waals surface area contributed by atoms with Gasteiger partial charge in [0, 0.05) is 0 Å². The zero-order valence-corrected chi connectivity index (χ0v) is 5.72. The molecule has 0 aliphatic carbocycles. The van der Waals surface area contributed by atoms with E-state index in [9.17, 15) is 5.11 Å². The van der Waals surface area contributed by atoms with Gasteiger partial charge in [-0.25, -0.2) is 0 Å². The van der Waals surface area contributed by atoms with Crippen molar-refractivity contribution in [3.63, 3.8) is 0 Å². The van der Waals surface area contributed by atoms with Crippen LogP contribution < -0.4 is 0 Å². The summed E-state index contributed by atoms with van der Waals surface area (Å²) in [6, 6.07) is 0. The molecule has 1 nitrogen and oxygen atoms in total. The van der Waals surface area contributed by atoms with Crippen molar-refractivity contribution in [1.29, 1.82) is 0 Å². The van der Waals surface area contributed by atoms with Gasteiger partial charge in [0.05, 0.1) is 5.60 Å². The Morgan fingerprint density at radius 3 is 2.67 bits per heavy atom. The fourth-order valence-electron chi connectivity index (χ4n) is 0.571. The highest BCUT2D eigenvalue weighted by atomic mass is 16.3. The van der Waals surface area contributed by atoms with Gasteiger partial charge in [-0.2, -0.15) is 0 Å². The molecule has 1 N–H and O–H groups in total. The molecule has 9 heavy (non-hydrogen) atoms. The number of hydrogen-bond donors (Lipinski definition) is 1. The molecule has 1 unspecified atom stereocenters. The first-order valence-electron chi connectivity index (χ1n) is 2.82. The SMILES string of the molecule is C=C=CC(C)(O)CC=C. The van der Waals surface area contributed by atoms with Gasteiger partial charge >= 0.3 is 0 Å². The van der Waals surface area contributed by atoms with E-state index in [0.29, 0.717) is 6.42 Å². The molecule has 0 rings (SSSR count). The molecule has 1 heteroatoms. The van der Waals surface area contributed by atoms with E-state index in [0.717, 1.165) is 0 Å². The summed E-state index contributed by atoms with van der Waals surface area (Å²) >= 11 is 0. The first kappa shape index (κ1) is 8.22. The molecule has 50 valence electrons. The zero-order valence-electron chi connectivity index (χ0n) is 5.72. The van der Waals surface area contributed by atoms with E-state index >= 15 is 0 Å². The molecule has 0 saturated carbocycles. The van der Waals surface area contributed by atoms with E-state index in [4.69, 9.17) is 0 Å². The van der Waals surface area contributed by atoms with E-state index in [1.54, 1.807) is 13.0 Å². The standard InChI is InChI=1S/C8H12O/c1-4-6-8(3,9)7-5-2/h4,7,9H,1-2,6H2,3H3. The number of hydrogen-bond acceptors (Lipinski definition) is 1. The Kier molecular flexibility index (Phi) is 3.00. The van der Waals surface area contributed by atoms with Crippen LogP contribution in [0.1, 0.15) is 13.3 Å². The quantitative estimate of drug-likeness (QED) is 0.448. The number of rotatable bonds is 3. The lowest BCUT2D eigenvalue weighted by atomic mass is 10.0. The van der Waals surface area contributed by atoms with Gasteiger partial charge in [-0.1, -0.05) is 12.7 Å². The second kappa shape index (κ2) is 3.29. The largest absolute Gasteiger partial charge is 0.385 e. The summed E-state index contributed by atoms with van der Waals surface area (Å²) in [7, 11) is 0. The third kappa shape index (κ3) is 3.77. The van der Waals surface area contributed by atoms with Crippen molar-refractivity contribution >= 4 is 0 Å². The van der Waals surface area contributed by atoms with Gasteiger partial charge in [-0.3, -0.25) is 0 Å². The van der Waals surface area contributed by atoms with Crippen molar-refractivity contribution in [2.75, 3.05) is 0 Å². The van der Waals surface area contributed by atoms with Crippen LogP contribution >= 0.6 is 0 Å². The first-order valence-corrected chi connectivity index (χ1v) is 2.82. The molecular formula is C8H12O. The summed E-state index contributed by atoms with van der Waals surface area (Å²) in [4.78, 5) is 0. The smallest absolute Gasteiger partial charge is 0.0906 e. The van der Waals surface area contributed by atoms with Crippen LogP contribution in [0.5, 0.6) is 0 Å². The van der Waals surface area contributed by atoms with Crippen molar-refractivity contribution in [2.24, 2.45) is 0 Å². The van der Waals surface area contributed by atoms with Crippen molar-refractivity contribution in [2.45, 2.75) is 18.9 Å². The fourth-order valence-corrected chi connectivity index (χ4v) is 0.571. The maximum atomic E-state index is 9.29. The minimum absolute atomic E-state index is 0.537. The zero-order chi connectivity index (χ0) is 7.33. The molecule has 0 bridgehead atoms. The van der Waals surface area contributed by atoms with Gasteiger partial charge in [-0.05, 0) is 19.4 Å². The lowest BCUT2D eigenvalue weighted by Crippen LogP contribution is -2.18. The average molecular weight is 124 g/mol. The van der Waals surface area contributed by atoms with E-state index in [-0.39, 0.29) is 0 Å². The molecule has 0 aromatic rings. The Morgan fingerprint density at radius 2 is 2.33 bits per heavy atom. The first-order chi connectivity index (χ1) is 4.12. The van der Waals surface area contributed by atoms with Crippen LogP contribution in [0.4, 0.5) is 0 Å². The van der Waals surface area contributed by atoms with Crippen LogP contribution in [0.2, 0.25) is 0 Å². The molecule has 0 radical (unpaired) electrons. The Balaban J connectivity index is 3.99. The highest BCUT2D eigenvalue weighted by Crippen LogP contribution is 2.09. The maximum absolute atomic E-state index is 9.29. The Labute approximate surface area is 56.0 Å². The normalized spacial score (nSPS) is 15.3. The minimum Gasteiger partial charge on any atom is -0.385 e. The van der Waals surface area contributed by atoms with E-state index < -0.39 is 5.60 Å². The average Bonchev–Trinajstić information content (AvgIpc) is 1.64. The molecule has 0 aromatic heterocycles. The molecule has 0 aliphatic heterocycles. The lowest BCUT2D eigenvalue weighted by Gasteiger charge is -2.13. The van der Waals surface area contributed by atoms with Crippen LogP contribution in [0, 0.1) is 0 Å². The van der Waals surface area contributed by atoms with Crippen LogP contribution in [0.3, 0.4) is 0 Å². The summed E-state index contributed by atoms with van der Waals surface area (Å²) in [6.07, 6.45) is 3.72. The molecule has 0 spiro atoms. The molecule has 0 aromatic carbocycles. The van der Waals surface area contributed by atoms with Gasteiger partial charge in [0.25, 0.3) is 0 Å². The van der Waals surface area contributed by atoms with E-state index in [1.165, 1.54) is 6.08 Å². The maximum Gasteiger partial charge on any atom is 0.0906 e. The summed E-state index contributed by atoms with van der Waals surface area (Å²) in [6.45, 7) is 8.54. The summed E-state index contributed by atoms with van der Waals surface area (Å²) < 4.78 is 0. The minimum atomic E-state index is -0.816. The van der Waals surface area contributed by atoms with Crippen molar-refractivity contribution < 1.29 is 5.11 Å². The van der Waals surface area contributed by atoms with Gasteiger partial charge in [0.1, 0.15) is 0 Å². The fraction of sp³-hybridized carbons (Fsp3) is 0.375. The molecule has 0 heterocycles. The van der Waals surface area contributed by atoms with Crippen molar-refractivity contribution in [3.8, 4) is 0 Å². The topological polar surface area (TPSA) is 20.2 Å². The summed E-state index contributed by atoms with van der Waals surface area (Å²) in [5.74, 6) is 0. The molecule has 0 aliphatic rings. The Morgan fingerprint density at radius 1 is 1.78 bits per heavy atom. The summed E-state index contributed by atoms with van der Waals surface area (Å²) in [5, 5.41) is 9.29. The second-order valence-corrected chi connectivity index (χ2v) is 2.20. The third-order valence-corrected chi connectivity index (χ3v) is 0.971. The van der Waals surface area contributed by atoms with Crippen LogP contribution in [0.25, 0.3) is 0 Å².